The molecule has 0 saturated heterocycles. The van der Waals surface area contributed by atoms with Gasteiger partial charge in [0.05, 0.1) is 39.5 Å². The van der Waals surface area contributed by atoms with Crippen LogP contribution in [0, 0.1) is 5.82 Å². The largest absolute Gasteiger partial charge is 0.501 e. The quantitative estimate of drug-likeness (QED) is 0.480. The van der Waals surface area contributed by atoms with Crippen LogP contribution in [0.25, 0.3) is 0 Å². The van der Waals surface area contributed by atoms with E-state index in [9.17, 15) is 26.0 Å². The Kier molecular flexibility index (Phi) is 5.68. The molecular weight excluding hydrogens is 470 g/mol. The first kappa shape index (κ1) is 22.2. The van der Waals surface area contributed by atoms with Gasteiger partial charge in [-0.1, -0.05) is 23.7 Å². The number of benzene rings is 2. The topological polar surface area (TPSA) is 62.6 Å². The number of hydrogen-bond donors (Lipinski definition) is 0. The first-order valence-electron chi connectivity index (χ1n) is 9.21. The van der Waals surface area contributed by atoms with Crippen molar-refractivity contribution >= 4 is 32.8 Å². The molecular formula is C21H14ClF4N3O2S. The summed E-state index contributed by atoms with van der Waals surface area (Å²) in [5.74, 6) is -0.747. The SMILES string of the molecule is O=S(=O)(c1ccc(N2CC(c3ccc(Cl)cn3)C(c3ccc(F)cc3)=N2)cc1)C(F)(F)F. The van der Waals surface area contributed by atoms with Crippen LogP contribution in [-0.2, 0) is 9.84 Å². The van der Waals surface area contributed by atoms with Gasteiger partial charge in [0.1, 0.15) is 5.82 Å². The Labute approximate surface area is 185 Å². The van der Waals surface area contributed by atoms with E-state index in [0.29, 0.717) is 27.7 Å². The van der Waals surface area contributed by atoms with E-state index in [2.05, 4.69) is 10.1 Å². The molecule has 3 aromatic rings. The number of alkyl halides is 3. The van der Waals surface area contributed by atoms with Crippen LogP contribution in [-0.4, -0.2) is 31.2 Å². The van der Waals surface area contributed by atoms with Crippen LogP contribution in [0.5, 0.6) is 0 Å². The van der Waals surface area contributed by atoms with Crippen LogP contribution in [0.2, 0.25) is 5.02 Å². The molecule has 166 valence electrons. The van der Waals surface area contributed by atoms with Crippen molar-refractivity contribution in [2.45, 2.75) is 16.3 Å². The van der Waals surface area contributed by atoms with E-state index in [4.69, 9.17) is 11.6 Å². The van der Waals surface area contributed by atoms with Crippen LogP contribution in [0.1, 0.15) is 17.2 Å². The molecule has 1 aromatic heterocycles. The Morgan fingerprint density at radius 3 is 2.19 bits per heavy atom. The number of hydrogen-bond acceptors (Lipinski definition) is 5. The summed E-state index contributed by atoms with van der Waals surface area (Å²) in [5.41, 5.74) is -3.13. The first-order valence-corrected chi connectivity index (χ1v) is 11.1. The first-order chi connectivity index (χ1) is 15.1. The molecule has 32 heavy (non-hydrogen) atoms. The van der Waals surface area contributed by atoms with Gasteiger partial charge in [-0.05, 0) is 54.1 Å². The Morgan fingerprint density at radius 2 is 1.62 bits per heavy atom. The van der Waals surface area contributed by atoms with E-state index in [1.54, 1.807) is 24.3 Å². The van der Waals surface area contributed by atoms with Crippen LogP contribution >= 0.6 is 11.6 Å². The number of pyridine rings is 1. The summed E-state index contributed by atoms with van der Waals surface area (Å²) < 4.78 is 75.0. The van der Waals surface area contributed by atoms with E-state index in [1.165, 1.54) is 35.5 Å². The molecule has 0 amide bonds. The lowest BCUT2D eigenvalue weighted by Crippen LogP contribution is -2.23. The maximum Gasteiger partial charge on any atom is 0.501 e. The minimum atomic E-state index is -5.44. The number of hydrazone groups is 1. The summed E-state index contributed by atoms with van der Waals surface area (Å²) in [4.78, 5) is 3.48. The molecule has 0 radical (unpaired) electrons. The molecule has 0 bridgehead atoms. The van der Waals surface area contributed by atoms with E-state index in [1.807, 2.05) is 0 Å². The molecule has 1 aliphatic heterocycles. The lowest BCUT2D eigenvalue weighted by Gasteiger charge is -2.17. The molecule has 0 spiro atoms. The van der Waals surface area contributed by atoms with E-state index >= 15 is 0 Å². The summed E-state index contributed by atoms with van der Waals surface area (Å²) in [6.07, 6.45) is 1.48. The van der Waals surface area contributed by atoms with Crippen molar-refractivity contribution in [1.82, 2.24) is 4.98 Å². The van der Waals surface area contributed by atoms with Gasteiger partial charge in [0, 0.05) is 6.20 Å². The fourth-order valence-electron chi connectivity index (χ4n) is 3.30. The Hall–Kier alpha value is -2.98. The zero-order valence-corrected chi connectivity index (χ0v) is 17.7. The Bertz CT molecular complexity index is 1260. The van der Waals surface area contributed by atoms with Crippen LogP contribution in [0.4, 0.5) is 23.2 Å². The van der Waals surface area contributed by atoms with Gasteiger partial charge in [-0.3, -0.25) is 9.99 Å². The molecule has 1 aliphatic rings. The third kappa shape index (κ3) is 4.20. The van der Waals surface area contributed by atoms with Gasteiger partial charge < -0.3 is 0 Å². The molecule has 0 aliphatic carbocycles. The zero-order valence-electron chi connectivity index (χ0n) is 16.1. The molecule has 5 nitrogen and oxygen atoms in total. The normalized spacial score (nSPS) is 16.8. The predicted octanol–water partition coefficient (Wildman–Crippen LogP) is 5.18. The second-order valence-electron chi connectivity index (χ2n) is 6.97. The van der Waals surface area contributed by atoms with Gasteiger partial charge in [0.2, 0.25) is 0 Å². The van der Waals surface area contributed by atoms with Crippen molar-refractivity contribution in [3.8, 4) is 0 Å². The van der Waals surface area contributed by atoms with Crippen molar-refractivity contribution in [3.05, 3.63) is 89.0 Å². The third-order valence-corrected chi connectivity index (χ3v) is 6.64. The Morgan fingerprint density at radius 1 is 0.969 bits per heavy atom. The molecule has 2 heterocycles. The summed E-state index contributed by atoms with van der Waals surface area (Å²) in [7, 11) is -5.44. The predicted molar refractivity (Wildman–Crippen MR) is 112 cm³/mol. The third-order valence-electron chi connectivity index (χ3n) is 4.91. The maximum atomic E-state index is 13.4. The van der Waals surface area contributed by atoms with Gasteiger partial charge in [-0.15, -0.1) is 0 Å². The summed E-state index contributed by atoms with van der Waals surface area (Å²) >= 11 is 5.92. The highest BCUT2D eigenvalue weighted by Gasteiger charge is 2.46. The van der Waals surface area contributed by atoms with Crippen molar-refractivity contribution in [3.63, 3.8) is 0 Å². The van der Waals surface area contributed by atoms with E-state index < -0.39 is 26.1 Å². The fraction of sp³-hybridized carbons (Fsp3) is 0.143. The minimum absolute atomic E-state index is 0.284. The highest BCUT2D eigenvalue weighted by atomic mass is 35.5. The van der Waals surface area contributed by atoms with E-state index in [-0.39, 0.29) is 12.5 Å². The number of nitrogens with zero attached hydrogens (tertiary/aromatic N) is 3. The van der Waals surface area contributed by atoms with Crippen molar-refractivity contribution in [1.29, 1.82) is 0 Å². The summed E-state index contributed by atoms with van der Waals surface area (Å²) in [6.45, 7) is 0.284. The molecule has 2 aromatic carbocycles. The average Bonchev–Trinajstić information content (AvgIpc) is 3.19. The van der Waals surface area contributed by atoms with Gasteiger partial charge in [-0.25, -0.2) is 12.8 Å². The smallest absolute Gasteiger partial charge is 0.264 e. The van der Waals surface area contributed by atoms with Crippen molar-refractivity contribution in [2.24, 2.45) is 5.10 Å². The Balaban J connectivity index is 1.70. The fourth-order valence-corrected chi connectivity index (χ4v) is 4.17. The molecule has 0 saturated carbocycles. The van der Waals surface area contributed by atoms with E-state index in [0.717, 1.165) is 12.1 Å². The maximum absolute atomic E-state index is 13.4. The number of aromatic nitrogens is 1. The molecule has 0 fully saturated rings. The van der Waals surface area contributed by atoms with Gasteiger partial charge >= 0.3 is 5.51 Å². The molecule has 4 rings (SSSR count). The second kappa shape index (κ2) is 8.18. The van der Waals surface area contributed by atoms with Crippen LogP contribution in [0.15, 0.2) is 76.9 Å². The van der Waals surface area contributed by atoms with Gasteiger partial charge in [-0.2, -0.15) is 18.3 Å². The van der Waals surface area contributed by atoms with Crippen molar-refractivity contribution < 1.29 is 26.0 Å². The lowest BCUT2D eigenvalue weighted by atomic mass is 9.94. The second-order valence-corrected chi connectivity index (χ2v) is 9.35. The summed E-state index contributed by atoms with van der Waals surface area (Å²) in [6, 6.07) is 13.4. The van der Waals surface area contributed by atoms with Gasteiger partial charge in [0.15, 0.2) is 0 Å². The molecule has 11 heteroatoms. The highest BCUT2D eigenvalue weighted by Crippen LogP contribution is 2.34. The molecule has 1 atom stereocenters. The number of rotatable bonds is 4. The standard InChI is InChI=1S/C21H14ClF4N3O2S/c22-14-3-10-19(27-11-14)18-12-29(28-20(18)13-1-4-15(23)5-2-13)16-6-8-17(9-7-16)32(30,31)21(24,25)26/h1-11,18H,12H2. The molecule has 1 unspecified atom stereocenters. The zero-order chi connectivity index (χ0) is 23.1. The number of anilines is 1. The lowest BCUT2D eigenvalue weighted by molar-refractivity contribution is -0.0436. The highest BCUT2D eigenvalue weighted by molar-refractivity contribution is 7.92. The van der Waals surface area contributed by atoms with Gasteiger partial charge in [0.25, 0.3) is 9.84 Å². The average molecular weight is 484 g/mol. The van der Waals surface area contributed by atoms with Crippen LogP contribution in [0.3, 0.4) is 0 Å². The minimum Gasteiger partial charge on any atom is -0.264 e. The summed E-state index contributed by atoms with van der Waals surface area (Å²) in [5, 5.41) is 6.54. The molecule has 0 N–H and O–H groups in total. The monoisotopic (exact) mass is 483 g/mol. The number of sulfone groups is 1. The number of halogens is 5. The van der Waals surface area contributed by atoms with Crippen molar-refractivity contribution in [2.75, 3.05) is 11.6 Å². The van der Waals surface area contributed by atoms with Crippen LogP contribution < -0.4 is 5.01 Å².